The zero-order valence-electron chi connectivity index (χ0n) is 47.5. The fraction of sp³-hybridized carbons (Fsp3) is 0.343. The van der Waals surface area contributed by atoms with Crippen molar-refractivity contribution >= 4 is 96.5 Å². The number of nitriles is 4. The van der Waals surface area contributed by atoms with Crippen molar-refractivity contribution in [3.8, 4) is 30.0 Å². The van der Waals surface area contributed by atoms with E-state index >= 15 is 0 Å². The van der Waals surface area contributed by atoms with Crippen LogP contribution < -0.4 is 22.2 Å². The third kappa shape index (κ3) is 10.3. The molecule has 7 aromatic carbocycles. The quantitative estimate of drug-likeness (QED) is 0.0406. The molecule has 0 N–H and O–H groups in total. The highest BCUT2D eigenvalue weighted by molar-refractivity contribution is 7.25. The minimum atomic E-state index is -0.491. The van der Waals surface area contributed by atoms with E-state index in [9.17, 15) is 40.2 Å². The van der Waals surface area contributed by atoms with E-state index in [4.69, 9.17) is 4.42 Å². The first-order valence-electron chi connectivity index (χ1n) is 29.3. The molecule has 4 aromatic heterocycles. The molecule has 0 amide bonds. The molecule has 11 aromatic rings. The molecule has 0 bridgehead atoms. The molecule has 0 saturated heterocycles. The number of para-hydroxylation sites is 2. The first-order valence-corrected chi connectivity index (χ1v) is 30.1. The van der Waals surface area contributed by atoms with Gasteiger partial charge in [-0.15, -0.1) is 11.3 Å². The molecule has 12 heteroatoms. The maximum atomic E-state index is 14.3. The zero-order chi connectivity index (χ0) is 57.8. The molecule has 11 nitrogen and oxygen atoms in total. The minimum Gasteiger partial charge on any atom is -0.455 e. The molecule has 0 aliphatic carbocycles. The van der Waals surface area contributed by atoms with Gasteiger partial charge in [0.05, 0.1) is 66.3 Å². The molecule has 0 unspecified atom stereocenters. The van der Waals surface area contributed by atoms with Crippen molar-refractivity contribution in [1.82, 2.24) is 9.13 Å². The van der Waals surface area contributed by atoms with Crippen molar-refractivity contribution in [1.29, 1.82) is 21.0 Å². The Kier molecular flexibility index (Phi) is 17.0. The highest BCUT2D eigenvalue weighted by Crippen LogP contribution is 2.44. The Labute approximate surface area is 480 Å². The van der Waals surface area contributed by atoms with Crippen molar-refractivity contribution in [3.63, 3.8) is 0 Å². The Balaban J connectivity index is 0.000000185. The number of unbranched alkanes of at least 4 members (excludes halogenated alkanes) is 15. The van der Waals surface area contributed by atoms with Gasteiger partial charge in [-0.05, 0) is 65.8 Å². The molecule has 0 spiro atoms. The fourth-order valence-corrected chi connectivity index (χ4v) is 13.6. The molecule has 4 heterocycles. The molecule has 0 aliphatic rings. The van der Waals surface area contributed by atoms with E-state index in [1.807, 2.05) is 88.4 Å². The molecule has 0 radical (unpaired) electrons. The second kappa shape index (κ2) is 24.6. The van der Waals surface area contributed by atoms with Crippen LogP contribution in [0.3, 0.4) is 0 Å². The lowest BCUT2D eigenvalue weighted by Gasteiger charge is -2.22. The van der Waals surface area contributed by atoms with Gasteiger partial charge in [-0.2, -0.15) is 21.0 Å². The predicted molar refractivity (Wildman–Crippen MR) is 334 cm³/mol. The van der Waals surface area contributed by atoms with Crippen molar-refractivity contribution in [3.05, 3.63) is 166 Å². The zero-order valence-corrected chi connectivity index (χ0v) is 48.3. The first kappa shape index (κ1) is 56.6. The van der Waals surface area contributed by atoms with Crippen LogP contribution in [0, 0.1) is 45.3 Å². The molecule has 11 rings (SSSR count). The average molecular weight is 1100 g/mol. The van der Waals surface area contributed by atoms with Gasteiger partial charge in [0, 0.05) is 54.3 Å². The van der Waals surface area contributed by atoms with Crippen LogP contribution in [0.15, 0.2) is 115 Å². The Morgan fingerprint density at radius 2 is 0.890 bits per heavy atom. The van der Waals surface area contributed by atoms with Crippen molar-refractivity contribution in [2.75, 3.05) is 0 Å². The summed E-state index contributed by atoms with van der Waals surface area (Å²) in [6, 6.07) is 36.2. The van der Waals surface area contributed by atoms with Gasteiger partial charge in [0.1, 0.15) is 17.7 Å². The summed E-state index contributed by atoms with van der Waals surface area (Å²) in [6.45, 7) is 10.7. The highest BCUT2D eigenvalue weighted by atomic mass is 32.1. The number of nitrogens with zero attached hydrogens (tertiary/aromatic N) is 6. The highest BCUT2D eigenvalue weighted by Gasteiger charge is 2.28. The molecule has 82 heavy (non-hydrogen) atoms. The lowest BCUT2D eigenvalue weighted by molar-refractivity contribution is 0.517. The molecular weight excluding hydrogens is 1040 g/mol. The van der Waals surface area contributed by atoms with Crippen LogP contribution in [0.1, 0.15) is 183 Å². The van der Waals surface area contributed by atoms with Crippen LogP contribution in [-0.2, 0) is 6.54 Å². The van der Waals surface area contributed by atoms with Crippen molar-refractivity contribution in [2.24, 2.45) is 0 Å². The van der Waals surface area contributed by atoms with Crippen LogP contribution in [0.2, 0.25) is 0 Å². The topological polar surface area (TPSA) is 186 Å². The molecule has 0 atom stereocenters. The smallest absolute Gasteiger partial charge is 0.266 e. The molecule has 412 valence electrons. The summed E-state index contributed by atoms with van der Waals surface area (Å²) < 4.78 is 10.4. The summed E-state index contributed by atoms with van der Waals surface area (Å²) >= 11 is 1.47. The van der Waals surface area contributed by atoms with Gasteiger partial charge in [-0.25, -0.2) is 4.57 Å². The Hall–Kier alpha value is -8.68. The van der Waals surface area contributed by atoms with Crippen LogP contribution >= 0.6 is 11.3 Å². The predicted octanol–water partition coefficient (Wildman–Crippen LogP) is 17.2. The summed E-state index contributed by atoms with van der Waals surface area (Å²) in [6.07, 6.45) is 20.2. The van der Waals surface area contributed by atoms with Crippen LogP contribution in [0.5, 0.6) is 0 Å². The first-order chi connectivity index (χ1) is 39.9. The van der Waals surface area contributed by atoms with E-state index < -0.39 is 11.1 Å². The Bertz CT molecular complexity index is 4590. The van der Waals surface area contributed by atoms with E-state index in [-0.39, 0.29) is 50.4 Å². The largest absolute Gasteiger partial charge is 0.455 e. The van der Waals surface area contributed by atoms with Crippen LogP contribution in [0.25, 0.3) is 90.9 Å². The molecule has 0 saturated carbocycles. The number of hydrogen-bond acceptors (Lipinski definition) is 10. The lowest BCUT2D eigenvalue weighted by Crippen LogP contribution is -2.34. The second-order valence-electron chi connectivity index (χ2n) is 22.5. The van der Waals surface area contributed by atoms with Gasteiger partial charge >= 0.3 is 0 Å². The van der Waals surface area contributed by atoms with Gasteiger partial charge in [0.25, 0.3) is 22.2 Å². The molecule has 0 fully saturated rings. The number of fused-ring (bicyclic) bond motifs is 4. The van der Waals surface area contributed by atoms with Crippen molar-refractivity contribution in [2.45, 2.75) is 156 Å². The van der Waals surface area contributed by atoms with E-state index in [0.717, 1.165) is 40.5 Å². The number of pyridine rings is 2. The summed E-state index contributed by atoms with van der Waals surface area (Å²) in [5.41, 5.74) is 2.70. The van der Waals surface area contributed by atoms with Gasteiger partial charge in [0.2, 0.25) is 0 Å². The summed E-state index contributed by atoms with van der Waals surface area (Å²) in [4.78, 5) is 56.0. The summed E-state index contributed by atoms with van der Waals surface area (Å²) in [5.74, 6) is 0.102. The lowest BCUT2D eigenvalue weighted by atomic mass is 9.90. The number of rotatable bonds is 20. The van der Waals surface area contributed by atoms with Gasteiger partial charge in [-0.1, -0.05) is 186 Å². The monoisotopic (exact) mass is 1100 g/mol. The normalized spacial score (nSPS) is 11.7. The third-order valence-corrected chi connectivity index (χ3v) is 17.8. The third-order valence-electron chi connectivity index (χ3n) is 16.6. The summed E-state index contributed by atoms with van der Waals surface area (Å²) in [5, 5.41) is 46.7. The number of benzene rings is 7. The molecular formula is C70H66N6O5S. The maximum absolute atomic E-state index is 14.3. The SMILES string of the molecule is CC(C)c1cccc(C(C)C)c1-n1c(=O)c2cc(C#N)c3oc4ccccc4c4c(C#N)cc(c1=O)c2c34.CCCCCCCCCCCCCCCCCCn1c(=O)c2cc(C#N)c3sc4ccccc4c4c(C#N)cc(c1=O)c2c34. The summed E-state index contributed by atoms with van der Waals surface area (Å²) in [7, 11) is 0. The second-order valence-corrected chi connectivity index (χ2v) is 23.6. The van der Waals surface area contributed by atoms with E-state index in [1.165, 1.54) is 110 Å². The maximum Gasteiger partial charge on any atom is 0.266 e. The Morgan fingerprint density at radius 1 is 0.451 bits per heavy atom. The average Bonchev–Trinajstić information content (AvgIpc) is 3.24. The standard InChI is InChI=1S/C38H43N3O2S.C32H23N3O3/c1-2-3-4-5-6-7-8-9-10-11-12-13-14-15-16-19-22-41-37(42)30-23-27(25-39)33-29-20-17-18-21-32(29)44-36-28(26-40)24-31(38(41)43)34(30)35(33)36;1-16(2)20-9-7-10-21(17(3)4)29(20)35-31(36)23-12-18(14-33)26-22-8-5-6-11-25(22)38-30-19(15-34)13-24(32(35)37)27(23)28(26)30/h17-18,20-21,23-24H,2-16,19,22H2,1H3;5-13,16-17H,1-4H3. The number of aromatic nitrogens is 2. The van der Waals surface area contributed by atoms with Gasteiger partial charge < -0.3 is 4.42 Å². The van der Waals surface area contributed by atoms with Crippen molar-refractivity contribution < 1.29 is 4.42 Å². The van der Waals surface area contributed by atoms with Crippen LogP contribution in [-0.4, -0.2) is 9.13 Å². The van der Waals surface area contributed by atoms with Gasteiger partial charge in [-0.3, -0.25) is 23.7 Å². The van der Waals surface area contributed by atoms with E-state index in [2.05, 4.69) is 31.2 Å². The molecule has 0 aliphatic heterocycles. The van der Waals surface area contributed by atoms with Crippen LogP contribution in [0.4, 0.5) is 0 Å². The van der Waals surface area contributed by atoms with E-state index in [0.29, 0.717) is 82.1 Å². The van der Waals surface area contributed by atoms with Gasteiger partial charge in [0.15, 0.2) is 5.58 Å². The fourth-order valence-electron chi connectivity index (χ4n) is 12.5. The van der Waals surface area contributed by atoms with E-state index in [1.54, 1.807) is 24.3 Å². The Morgan fingerprint density at radius 3 is 1.41 bits per heavy atom. The number of hydrogen-bond donors (Lipinski definition) is 0. The minimum absolute atomic E-state index is 0.0512.